The summed E-state index contributed by atoms with van der Waals surface area (Å²) in [7, 11) is 0. The molecule has 0 spiro atoms. The van der Waals surface area contributed by atoms with Crippen LogP contribution in [0.5, 0.6) is 0 Å². The maximum atomic E-state index is 11.4. The van der Waals surface area contributed by atoms with Crippen molar-refractivity contribution < 1.29 is 9.59 Å². The second-order valence-corrected chi connectivity index (χ2v) is 3.23. The number of hydrogen-bond acceptors (Lipinski definition) is 2. The van der Waals surface area contributed by atoms with E-state index in [9.17, 15) is 9.59 Å². The molecule has 1 aliphatic rings. The van der Waals surface area contributed by atoms with Crippen molar-refractivity contribution in [1.29, 1.82) is 0 Å². The Morgan fingerprint density at radius 2 is 1.92 bits per heavy atom. The molecule has 1 amide bonds. The molecule has 0 saturated heterocycles. The molecule has 3 heteroatoms. The molecule has 1 aliphatic carbocycles. The minimum absolute atomic E-state index is 0.0405. The van der Waals surface area contributed by atoms with Crippen LogP contribution in [0.4, 0.5) is 0 Å². The van der Waals surface area contributed by atoms with Crippen molar-refractivity contribution in [2.24, 2.45) is 0 Å². The summed E-state index contributed by atoms with van der Waals surface area (Å²) in [5.41, 5.74) is 1.43. The zero-order chi connectivity index (χ0) is 9.84. The summed E-state index contributed by atoms with van der Waals surface area (Å²) < 4.78 is 0. The van der Waals surface area contributed by atoms with E-state index in [4.69, 9.17) is 0 Å². The molecule has 0 bridgehead atoms. The van der Waals surface area contributed by atoms with Crippen molar-refractivity contribution in [1.82, 2.24) is 5.32 Å². The van der Waals surface area contributed by atoms with E-state index < -0.39 is 0 Å². The summed E-state index contributed by atoms with van der Waals surface area (Å²) >= 11 is 0. The summed E-state index contributed by atoms with van der Waals surface area (Å²) in [6.07, 6.45) is 2.45. The fraction of sp³-hybridized carbons (Fsp3) is 0.600. The smallest absolute Gasteiger partial charge is 0.247 e. The Hall–Kier alpha value is -1.12. The maximum Gasteiger partial charge on any atom is 0.247 e. The quantitative estimate of drug-likeness (QED) is 0.711. The highest BCUT2D eigenvalue weighted by atomic mass is 16.2. The van der Waals surface area contributed by atoms with Crippen LogP contribution in [0, 0.1) is 0 Å². The van der Waals surface area contributed by atoms with E-state index in [1.54, 1.807) is 0 Å². The molecule has 13 heavy (non-hydrogen) atoms. The molecular weight excluding hydrogens is 166 g/mol. The van der Waals surface area contributed by atoms with Crippen LogP contribution >= 0.6 is 0 Å². The Kier molecular flexibility index (Phi) is 3.23. The topological polar surface area (TPSA) is 46.2 Å². The molecule has 0 heterocycles. The molecule has 1 rings (SSSR count). The number of carbonyl (C=O) groups excluding carboxylic acids is 2. The minimum atomic E-state index is -0.0646. The third kappa shape index (κ3) is 2.17. The van der Waals surface area contributed by atoms with Gasteiger partial charge in [-0.05, 0) is 33.1 Å². The summed E-state index contributed by atoms with van der Waals surface area (Å²) in [6.45, 7) is 4.02. The van der Waals surface area contributed by atoms with Crippen LogP contribution in [0.2, 0.25) is 0 Å². The lowest BCUT2D eigenvalue weighted by molar-refractivity contribution is -0.118. The van der Waals surface area contributed by atoms with Gasteiger partial charge in [0.15, 0.2) is 5.78 Å². The highest BCUT2D eigenvalue weighted by Gasteiger charge is 2.22. The van der Waals surface area contributed by atoms with Gasteiger partial charge in [0, 0.05) is 17.7 Å². The lowest BCUT2D eigenvalue weighted by Crippen LogP contribution is -2.25. The van der Waals surface area contributed by atoms with Crippen molar-refractivity contribution in [3.05, 3.63) is 11.1 Å². The van der Waals surface area contributed by atoms with E-state index in [1.807, 2.05) is 6.92 Å². The molecule has 0 aliphatic heterocycles. The van der Waals surface area contributed by atoms with Gasteiger partial charge in [0.2, 0.25) is 5.91 Å². The molecule has 0 aromatic heterocycles. The molecular formula is C10H15NO2. The highest BCUT2D eigenvalue weighted by Crippen LogP contribution is 2.26. The minimum Gasteiger partial charge on any atom is -0.353 e. The van der Waals surface area contributed by atoms with E-state index >= 15 is 0 Å². The van der Waals surface area contributed by atoms with Crippen molar-refractivity contribution in [3.8, 4) is 0 Å². The number of amides is 1. The van der Waals surface area contributed by atoms with Gasteiger partial charge in [0.1, 0.15) is 0 Å². The van der Waals surface area contributed by atoms with Crippen molar-refractivity contribution in [2.45, 2.75) is 33.1 Å². The van der Waals surface area contributed by atoms with Crippen molar-refractivity contribution in [3.63, 3.8) is 0 Å². The lowest BCUT2D eigenvalue weighted by atomic mass is 10.1. The fourth-order valence-electron chi connectivity index (χ4n) is 1.65. The van der Waals surface area contributed by atoms with Crippen LogP contribution in [0.15, 0.2) is 11.1 Å². The van der Waals surface area contributed by atoms with Crippen LogP contribution < -0.4 is 5.32 Å². The van der Waals surface area contributed by atoms with Crippen molar-refractivity contribution >= 4 is 11.7 Å². The maximum absolute atomic E-state index is 11.4. The number of Topliss-reactive ketones (excluding diaryl/α,β-unsaturated/α-hetero) is 1. The molecule has 0 aromatic carbocycles. The monoisotopic (exact) mass is 181 g/mol. The van der Waals surface area contributed by atoms with Crippen LogP contribution in [-0.4, -0.2) is 18.2 Å². The normalized spacial score (nSPS) is 16.2. The summed E-state index contributed by atoms with van der Waals surface area (Å²) in [4.78, 5) is 22.6. The standard InChI is InChI=1S/C10H15NO2/c1-3-11-10(13)9-6-4-5-8(9)7(2)12/h3-6H2,1-2H3,(H,11,13). The van der Waals surface area contributed by atoms with Gasteiger partial charge < -0.3 is 5.32 Å². The number of hydrogen-bond donors (Lipinski definition) is 1. The first-order valence-corrected chi connectivity index (χ1v) is 4.68. The van der Waals surface area contributed by atoms with Gasteiger partial charge in [0.05, 0.1) is 0 Å². The molecule has 0 saturated carbocycles. The fourth-order valence-corrected chi connectivity index (χ4v) is 1.65. The predicted octanol–water partition coefficient (Wildman–Crippen LogP) is 1.19. The molecule has 0 unspecified atom stereocenters. The SMILES string of the molecule is CCNC(=O)C1=C(C(C)=O)CCC1. The van der Waals surface area contributed by atoms with Crippen molar-refractivity contribution in [2.75, 3.05) is 6.54 Å². The number of carbonyl (C=O) groups is 2. The van der Waals surface area contributed by atoms with E-state index in [2.05, 4.69) is 5.32 Å². The third-order valence-electron chi connectivity index (χ3n) is 2.25. The summed E-state index contributed by atoms with van der Waals surface area (Å²) in [6, 6.07) is 0. The van der Waals surface area contributed by atoms with E-state index in [-0.39, 0.29) is 11.7 Å². The molecule has 0 aromatic rings. The van der Waals surface area contributed by atoms with Gasteiger partial charge in [-0.1, -0.05) is 0 Å². The Morgan fingerprint density at radius 3 is 2.46 bits per heavy atom. The lowest BCUT2D eigenvalue weighted by Gasteiger charge is -2.04. The Bertz CT molecular complexity index is 266. The molecule has 0 atom stereocenters. The molecule has 0 radical (unpaired) electrons. The number of nitrogens with one attached hydrogen (secondary N) is 1. The van der Waals surface area contributed by atoms with Gasteiger partial charge in [0.25, 0.3) is 0 Å². The van der Waals surface area contributed by atoms with Gasteiger partial charge in [-0.25, -0.2) is 0 Å². The third-order valence-corrected chi connectivity index (χ3v) is 2.25. The Morgan fingerprint density at radius 1 is 1.31 bits per heavy atom. The average Bonchev–Trinajstić information content (AvgIpc) is 2.52. The zero-order valence-electron chi connectivity index (χ0n) is 8.14. The second-order valence-electron chi connectivity index (χ2n) is 3.23. The number of likely N-dealkylation sites (N-methyl/N-ethyl adjacent to an activating group) is 1. The van der Waals surface area contributed by atoms with Crippen LogP contribution in [0.1, 0.15) is 33.1 Å². The number of allylic oxidation sites excluding steroid dienone is 1. The molecule has 3 nitrogen and oxygen atoms in total. The van der Waals surface area contributed by atoms with E-state index in [1.165, 1.54) is 6.92 Å². The average molecular weight is 181 g/mol. The number of ketones is 1. The first kappa shape index (κ1) is 9.96. The van der Waals surface area contributed by atoms with Crippen LogP contribution in [0.3, 0.4) is 0 Å². The van der Waals surface area contributed by atoms with Gasteiger partial charge in [-0.3, -0.25) is 9.59 Å². The van der Waals surface area contributed by atoms with Gasteiger partial charge in [-0.2, -0.15) is 0 Å². The van der Waals surface area contributed by atoms with E-state index in [0.29, 0.717) is 12.1 Å². The first-order chi connectivity index (χ1) is 6.16. The highest BCUT2D eigenvalue weighted by molar-refractivity contribution is 6.05. The molecule has 72 valence electrons. The van der Waals surface area contributed by atoms with Crippen LogP contribution in [0.25, 0.3) is 0 Å². The van der Waals surface area contributed by atoms with E-state index in [0.717, 1.165) is 24.8 Å². The zero-order valence-corrected chi connectivity index (χ0v) is 8.14. The molecule has 1 N–H and O–H groups in total. The van der Waals surface area contributed by atoms with Crippen LogP contribution in [-0.2, 0) is 9.59 Å². The van der Waals surface area contributed by atoms with Gasteiger partial charge in [-0.15, -0.1) is 0 Å². The Balaban J connectivity index is 2.81. The first-order valence-electron chi connectivity index (χ1n) is 4.68. The summed E-state index contributed by atoms with van der Waals surface area (Å²) in [5, 5.41) is 2.72. The second kappa shape index (κ2) is 4.21. The predicted molar refractivity (Wildman–Crippen MR) is 50.2 cm³/mol. The van der Waals surface area contributed by atoms with Gasteiger partial charge >= 0.3 is 0 Å². The summed E-state index contributed by atoms with van der Waals surface area (Å²) in [5.74, 6) is -0.0241. The number of rotatable bonds is 3. The largest absolute Gasteiger partial charge is 0.353 e. The molecule has 0 fully saturated rings. The Labute approximate surface area is 78.2 Å².